The van der Waals surface area contributed by atoms with Crippen molar-refractivity contribution < 1.29 is 14.3 Å². The van der Waals surface area contributed by atoms with Gasteiger partial charge in [0.1, 0.15) is 18.2 Å². The summed E-state index contributed by atoms with van der Waals surface area (Å²) in [7, 11) is 1.52. The minimum atomic E-state index is -0.490. The third-order valence-electron chi connectivity index (χ3n) is 4.88. The number of methoxy groups -OCH3 is 1. The van der Waals surface area contributed by atoms with Gasteiger partial charge in [-0.3, -0.25) is 4.79 Å². The van der Waals surface area contributed by atoms with Crippen LogP contribution in [0.4, 0.5) is 5.69 Å². The highest BCUT2D eigenvalue weighted by Gasteiger charge is 2.15. The Labute approximate surface area is 206 Å². The molecule has 0 saturated heterocycles. The summed E-state index contributed by atoms with van der Waals surface area (Å²) in [5.41, 5.74) is 3.20. The van der Waals surface area contributed by atoms with Crippen molar-refractivity contribution >= 4 is 45.2 Å². The first-order chi connectivity index (χ1) is 15.9. The minimum absolute atomic E-state index is 0.0340. The van der Waals surface area contributed by atoms with E-state index in [-0.39, 0.29) is 12.2 Å². The number of rotatable bonds is 8. The quantitative estimate of drug-likeness (QED) is 0.259. The molecule has 3 aromatic rings. The first-order valence-corrected chi connectivity index (χ1v) is 11.4. The maximum atomic E-state index is 12.6. The fourth-order valence-electron chi connectivity index (χ4n) is 3.07. The van der Waals surface area contributed by atoms with E-state index in [1.807, 2.05) is 48.5 Å². The van der Waals surface area contributed by atoms with Crippen molar-refractivity contribution in [2.24, 2.45) is 0 Å². The Balaban J connectivity index is 1.80. The lowest BCUT2D eigenvalue weighted by molar-refractivity contribution is -0.112. The smallest absolute Gasteiger partial charge is 0.266 e. The number of ether oxygens (including phenoxy) is 2. The molecule has 0 saturated carbocycles. The molecule has 33 heavy (non-hydrogen) atoms. The van der Waals surface area contributed by atoms with E-state index in [0.717, 1.165) is 17.5 Å². The van der Waals surface area contributed by atoms with E-state index in [1.165, 1.54) is 13.2 Å². The maximum Gasteiger partial charge on any atom is 0.266 e. The normalized spacial score (nSPS) is 10.9. The third-order valence-corrected chi connectivity index (χ3v) is 5.84. The van der Waals surface area contributed by atoms with Gasteiger partial charge in [0.15, 0.2) is 11.5 Å². The first-order valence-electron chi connectivity index (χ1n) is 10.2. The topological polar surface area (TPSA) is 71.4 Å². The molecule has 0 aliphatic heterocycles. The van der Waals surface area contributed by atoms with Crippen LogP contribution in [0.3, 0.4) is 0 Å². The van der Waals surface area contributed by atoms with Crippen LogP contribution in [0.5, 0.6) is 11.5 Å². The van der Waals surface area contributed by atoms with Gasteiger partial charge in [0.2, 0.25) is 0 Å². The Morgan fingerprint density at radius 2 is 1.91 bits per heavy atom. The van der Waals surface area contributed by atoms with Gasteiger partial charge in [-0.25, -0.2) is 0 Å². The van der Waals surface area contributed by atoms with E-state index in [1.54, 1.807) is 18.2 Å². The number of benzene rings is 3. The maximum absolute atomic E-state index is 12.6. The zero-order valence-corrected chi connectivity index (χ0v) is 20.5. The number of nitriles is 1. The van der Waals surface area contributed by atoms with E-state index in [4.69, 9.17) is 21.1 Å². The minimum Gasteiger partial charge on any atom is -0.493 e. The van der Waals surface area contributed by atoms with Crippen LogP contribution in [0.1, 0.15) is 23.6 Å². The highest BCUT2D eigenvalue weighted by atomic mass is 79.9. The van der Waals surface area contributed by atoms with Gasteiger partial charge < -0.3 is 14.8 Å². The zero-order chi connectivity index (χ0) is 23.8. The summed E-state index contributed by atoms with van der Waals surface area (Å²) in [5, 5.41) is 12.9. The summed E-state index contributed by atoms with van der Waals surface area (Å²) < 4.78 is 12.0. The molecule has 1 amide bonds. The van der Waals surface area contributed by atoms with E-state index < -0.39 is 5.91 Å². The second-order valence-electron chi connectivity index (χ2n) is 7.09. The van der Waals surface area contributed by atoms with E-state index >= 15 is 0 Å². The summed E-state index contributed by atoms with van der Waals surface area (Å²) in [4.78, 5) is 12.6. The SMILES string of the molecule is CCc1ccc(NC(=O)/C(C#N)=C\c2cc(Br)c(OCc3ccccc3Cl)c(OC)c2)cc1. The van der Waals surface area contributed by atoms with Gasteiger partial charge in [-0.2, -0.15) is 5.26 Å². The molecule has 0 radical (unpaired) electrons. The highest BCUT2D eigenvalue weighted by Crippen LogP contribution is 2.38. The largest absolute Gasteiger partial charge is 0.493 e. The highest BCUT2D eigenvalue weighted by molar-refractivity contribution is 9.10. The van der Waals surface area contributed by atoms with Crippen LogP contribution in [-0.4, -0.2) is 13.0 Å². The molecule has 3 rings (SSSR count). The van der Waals surface area contributed by atoms with Crippen molar-refractivity contribution in [2.75, 3.05) is 12.4 Å². The van der Waals surface area contributed by atoms with Crippen molar-refractivity contribution in [1.29, 1.82) is 5.26 Å². The molecular formula is C26H22BrClN2O3. The van der Waals surface area contributed by atoms with E-state index in [9.17, 15) is 10.1 Å². The molecule has 0 atom stereocenters. The standard InChI is InChI=1S/C26H22BrClN2O3/c1-3-17-8-10-21(11-9-17)30-26(31)20(15-29)12-18-13-22(27)25(24(14-18)32-2)33-16-19-6-4-5-7-23(19)28/h4-14H,3,16H2,1-2H3,(H,30,31)/b20-12-. The van der Waals surface area contributed by atoms with Crippen LogP contribution in [0.25, 0.3) is 6.08 Å². The summed E-state index contributed by atoms with van der Waals surface area (Å²) in [5.74, 6) is 0.458. The number of carbonyl (C=O) groups excluding carboxylic acids is 1. The fraction of sp³-hybridized carbons (Fsp3) is 0.154. The molecule has 7 heteroatoms. The molecule has 0 aliphatic rings. The molecule has 0 aliphatic carbocycles. The summed E-state index contributed by atoms with van der Waals surface area (Å²) in [6.07, 6.45) is 2.41. The lowest BCUT2D eigenvalue weighted by atomic mass is 10.1. The van der Waals surface area contributed by atoms with Crippen LogP contribution < -0.4 is 14.8 Å². The number of nitrogens with one attached hydrogen (secondary N) is 1. The molecule has 1 N–H and O–H groups in total. The molecule has 0 bridgehead atoms. The van der Waals surface area contributed by atoms with Crippen LogP contribution in [-0.2, 0) is 17.8 Å². The summed E-state index contributed by atoms with van der Waals surface area (Å²) >= 11 is 9.70. The van der Waals surface area contributed by atoms with Gasteiger partial charge in [-0.15, -0.1) is 0 Å². The second kappa shape index (κ2) is 11.6. The monoisotopic (exact) mass is 524 g/mol. The summed E-state index contributed by atoms with van der Waals surface area (Å²) in [6.45, 7) is 2.32. The number of hydrogen-bond acceptors (Lipinski definition) is 4. The van der Waals surface area contributed by atoms with Crippen molar-refractivity contribution in [3.63, 3.8) is 0 Å². The van der Waals surface area contributed by atoms with Crippen molar-refractivity contribution in [3.8, 4) is 17.6 Å². The lowest BCUT2D eigenvalue weighted by Gasteiger charge is -2.14. The Bertz CT molecular complexity index is 1220. The third kappa shape index (κ3) is 6.38. The number of aryl methyl sites for hydroxylation is 1. The van der Waals surface area contributed by atoms with Crippen LogP contribution in [0.15, 0.2) is 70.7 Å². The fourth-order valence-corrected chi connectivity index (χ4v) is 3.83. The zero-order valence-electron chi connectivity index (χ0n) is 18.2. The van der Waals surface area contributed by atoms with Crippen molar-refractivity contribution in [3.05, 3.63) is 92.4 Å². The molecule has 0 unspecified atom stereocenters. The number of anilines is 1. The predicted octanol–water partition coefficient (Wildman–Crippen LogP) is 6.80. The molecule has 0 aromatic heterocycles. The first kappa shape index (κ1) is 24.4. The molecule has 3 aromatic carbocycles. The van der Waals surface area contributed by atoms with E-state index in [2.05, 4.69) is 28.2 Å². The van der Waals surface area contributed by atoms with Crippen molar-refractivity contribution in [1.82, 2.24) is 0 Å². The number of hydrogen-bond donors (Lipinski definition) is 1. The Hall–Kier alpha value is -3.27. The van der Waals surface area contributed by atoms with Crippen LogP contribution in [0, 0.1) is 11.3 Å². The number of carbonyl (C=O) groups is 1. The number of halogens is 2. The molecule has 168 valence electrons. The Kier molecular flexibility index (Phi) is 8.53. The second-order valence-corrected chi connectivity index (χ2v) is 8.35. The molecular weight excluding hydrogens is 504 g/mol. The number of nitrogens with zero attached hydrogens (tertiary/aromatic N) is 1. The average molecular weight is 526 g/mol. The Morgan fingerprint density at radius 1 is 1.18 bits per heavy atom. The molecule has 0 spiro atoms. The molecule has 5 nitrogen and oxygen atoms in total. The van der Waals surface area contributed by atoms with Gasteiger partial charge in [0.05, 0.1) is 11.6 Å². The van der Waals surface area contributed by atoms with Gasteiger partial charge in [-0.1, -0.05) is 48.9 Å². The van der Waals surface area contributed by atoms with Crippen LogP contribution >= 0.6 is 27.5 Å². The average Bonchev–Trinajstić information content (AvgIpc) is 2.82. The lowest BCUT2D eigenvalue weighted by Crippen LogP contribution is -2.13. The van der Waals surface area contributed by atoms with Gasteiger partial charge >= 0.3 is 0 Å². The van der Waals surface area contributed by atoms with Gasteiger partial charge in [0, 0.05) is 16.3 Å². The van der Waals surface area contributed by atoms with E-state index in [0.29, 0.717) is 32.2 Å². The molecule has 0 heterocycles. The Morgan fingerprint density at radius 3 is 2.55 bits per heavy atom. The van der Waals surface area contributed by atoms with Gasteiger partial charge in [0.25, 0.3) is 5.91 Å². The van der Waals surface area contributed by atoms with Crippen molar-refractivity contribution in [2.45, 2.75) is 20.0 Å². The number of amides is 1. The predicted molar refractivity (Wildman–Crippen MR) is 135 cm³/mol. The summed E-state index contributed by atoms with van der Waals surface area (Å²) in [6, 6.07) is 20.4. The van der Waals surface area contributed by atoms with Crippen LogP contribution in [0.2, 0.25) is 5.02 Å². The molecule has 0 fully saturated rings. The van der Waals surface area contributed by atoms with Gasteiger partial charge in [-0.05, 0) is 69.9 Å².